The highest BCUT2D eigenvalue weighted by Crippen LogP contribution is 2.33. The third kappa shape index (κ3) is 1.20. The zero-order valence-corrected chi connectivity index (χ0v) is 8.73. The van der Waals surface area contributed by atoms with Crippen LogP contribution in [-0.4, -0.2) is 5.16 Å². The average molecular weight is 214 g/mol. The van der Waals surface area contributed by atoms with Crippen LogP contribution in [0.2, 0.25) is 0 Å². The van der Waals surface area contributed by atoms with Gasteiger partial charge in [-0.2, -0.15) is 0 Å². The first-order chi connectivity index (χ1) is 7.75. The molecule has 2 N–H and O–H groups in total. The van der Waals surface area contributed by atoms with Crippen molar-refractivity contribution in [3.63, 3.8) is 0 Å². The fourth-order valence-corrected chi connectivity index (χ4v) is 1.87. The van der Waals surface area contributed by atoms with Gasteiger partial charge in [-0.25, -0.2) is 0 Å². The summed E-state index contributed by atoms with van der Waals surface area (Å²) in [6.45, 7) is 1.92. The maximum absolute atomic E-state index is 5.71. The van der Waals surface area contributed by atoms with E-state index in [4.69, 9.17) is 14.7 Å². The number of nitrogen functional groups attached to an aromatic ring is 1. The highest BCUT2D eigenvalue weighted by Gasteiger charge is 2.12. The number of aromatic nitrogens is 1. The number of anilines is 1. The Hall–Kier alpha value is -2.23. The van der Waals surface area contributed by atoms with Crippen LogP contribution in [0, 0.1) is 6.92 Å². The summed E-state index contributed by atoms with van der Waals surface area (Å²) in [4.78, 5) is 0. The van der Waals surface area contributed by atoms with Gasteiger partial charge < -0.3 is 14.7 Å². The van der Waals surface area contributed by atoms with Gasteiger partial charge in [0.05, 0.1) is 11.8 Å². The van der Waals surface area contributed by atoms with E-state index in [9.17, 15) is 0 Å². The van der Waals surface area contributed by atoms with Crippen LogP contribution in [-0.2, 0) is 0 Å². The molecule has 4 nitrogen and oxygen atoms in total. The van der Waals surface area contributed by atoms with Gasteiger partial charge in [-0.05, 0) is 24.6 Å². The molecule has 4 heteroatoms. The van der Waals surface area contributed by atoms with Crippen molar-refractivity contribution in [1.29, 1.82) is 0 Å². The SMILES string of the molecule is Cc1cc2c(-c3cnoc3N)cccc2o1. The van der Waals surface area contributed by atoms with Gasteiger partial charge in [0.1, 0.15) is 11.3 Å². The zero-order valence-electron chi connectivity index (χ0n) is 8.73. The number of furan rings is 1. The molecule has 0 aliphatic heterocycles. The fraction of sp³-hybridized carbons (Fsp3) is 0.0833. The monoisotopic (exact) mass is 214 g/mol. The van der Waals surface area contributed by atoms with E-state index in [0.29, 0.717) is 5.88 Å². The number of nitrogens with two attached hydrogens (primary N) is 1. The van der Waals surface area contributed by atoms with Crippen LogP contribution in [0.1, 0.15) is 5.76 Å². The van der Waals surface area contributed by atoms with E-state index in [1.54, 1.807) is 6.20 Å². The van der Waals surface area contributed by atoms with E-state index in [0.717, 1.165) is 27.9 Å². The molecule has 0 saturated heterocycles. The molecule has 3 rings (SSSR count). The summed E-state index contributed by atoms with van der Waals surface area (Å²) in [5.74, 6) is 1.20. The molecule has 0 aliphatic rings. The minimum atomic E-state index is 0.325. The van der Waals surface area contributed by atoms with Gasteiger partial charge in [0.2, 0.25) is 5.88 Å². The topological polar surface area (TPSA) is 65.2 Å². The van der Waals surface area contributed by atoms with Gasteiger partial charge in [0.15, 0.2) is 0 Å². The molecule has 0 atom stereocenters. The van der Waals surface area contributed by atoms with Crippen molar-refractivity contribution in [2.75, 3.05) is 5.73 Å². The molecule has 2 aromatic heterocycles. The van der Waals surface area contributed by atoms with Gasteiger partial charge in [-0.15, -0.1) is 0 Å². The van der Waals surface area contributed by atoms with Gasteiger partial charge in [0.25, 0.3) is 0 Å². The lowest BCUT2D eigenvalue weighted by Crippen LogP contribution is -1.84. The molecule has 0 bridgehead atoms. The lowest BCUT2D eigenvalue weighted by molar-refractivity contribution is 0.436. The summed E-state index contributed by atoms with van der Waals surface area (Å²) in [5, 5.41) is 4.70. The Balaban J connectivity index is 2.35. The van der Waals surface area contributed by atoms with Gasteiger partial charge in [0, 0.05) is 5.39 Å². The van der Waals surface area contributed by atoms with Crippen LogP contribution >= 0.6 is 0 Å². The minimum Gasteiger partial charge on any atom is -0.461 e. The van der Waals surface area contributed by atoms with E-state index in [2.05, 4.69) is 5.16 Å². The fourth-order valence-electron chi connectivity index (χ4n) is 1.87. The number of hydrogen-bond donors (Lipinski definition) is 1. The number of fused-ring (bicyclic) bond motifs is 1. The average Bonchev–Trinajstić information content (AvgIpc) is 2.82. The first kappa shape index (κ1) is 9.03. The van der Waals surface area contributed by atoms with Crippen LogP contribution < -0.4 is 5.73 Å². The Morgan fingerprint density at radius 2 is 2.12 bits per heavy atom. The summed E-state index contributed by atoms with van der Waals surface area (Å²) >= 11 is 0. The van der Waals surface area contributed by atoms with Crippen molar-refractivity contribution >= 4 is 16.9 Å². The van der Waals surface area contributed by atoms with E-state index in [1.165, 1.54) is 0 Å². The zero-order chi connectivity index (χ0) is 11.1. The molecule has 0 aliphatic carbocycles. The van der Waals surface area contributed by atoms with Crippen molar-refractivity contribution in [1.82, 2.24) is 5.16 Å². The van der Waals surface area contributed by atoms with Crippen molar-refractivity contribution in [3.05, 3.63) is 36.2 Å². The molecule has 0 unspecified atom stereocenters. The lowest BCUT2D eigenvalue weighted by Gasteiger charge is -1.98. The summed E-state index contributed by atoms with van der Waals surface area (Å²) in [5.41, 5.74) is 8.33. The standard InChI is InChI=1S/C12H10N2O2/c1-7-5-9-8(3-2-4-11(9)15-7)10-6-14-16-12(10)13/h2-6H,13H2,1H3. The lowest BCUT2D eigenvalue weighted by atomic mass is 10.0. The molecule has 2 heterocycles. The molecular weight excluding hydrogens is 204 g/mol. The Kier molecular flexibility index (Phi) is 1.77. The third-order valence-electron chi connectivity index (χ3n) is 2.57. The summed E-state index contributed by atoms with van der Waals surface area (Å²) in [7, 11) is 0. The quantitative estimate of drug-likeness (QED) is 0.676. The molecule has 0 radical (unpaired) electrons. The van der Waals surface area contributed by atoms with Crippen molar-refractivity contribution in [2.45, 2.75) is 6.92 Å². The van der Waals surface area contributed by atoms with E-state index >= 15 is 0 Å². The Morgan fingerprint density at radius 1 is 1.25 bits per heavy atom. The molecule has 16 heavy (non-hydrogen) atoms. The summed E-state index contributed by atoms with van der Waals surface area (Å²) in [6.07, 6.45) is 1.62. The van der Waals surface area contributed by atoms with Crippen molar-refractivity contribution in [2.24, 2.45) is 0 Å². The number of nitrogens with zero attached hydrogens (tertiary/aromatic N) is 1. The van der Waals surface area contributed by atoms with Crippen molar-refractivity contribution < 1.29 is 8.94 Å². The second-order valence-electron chi connectivity index (χ2n) is 3.68. The van der Waals surface area contributed by atoms with Crippen LogP contribution in [0.4, 0.5) is 5.88 Å². The molecule has 0 amide bonds. The minimum absolute atomic E-state index is 0.325. The smallest absolute Gasteiger partial charge is 0.229 e. The van der Waals surface area contributed by atoms with Crippen LogP contribution in [0.3, 0.4) is 0 Å². The first-order valence-electron chi connectivity index (χ1n) is 4.95. The molecule has 0 fully saturated rings. The molecule has 0 spiro atoms. The highest BCUT2D eigenvalue weighted by molar-refractivity contribution is 5.96. The number of hydrogen-bond acceptors (Lipinski definition) is 4. The van der Waals surface area contributed by atoms with Gasteiger partial charge in [-0.3, -0.25) is 0 Å². The molecular formula is C12H10N2O2. The number of aryl methyl sites for hydroxylation is 1. The summed E-state index contributed by atoms with van der Waals surface area (Å²) in [6, 6.07) is 7.81. The van der Waals surface area contributed by atoms with Crippen LogP contribution in [0.5, 0.6) is 0 Å². The van der Waals surface area contributed by atoms with Crippen LogP contribution in [0.25, 0.3) is 22.1 Å². The number of rotatable bonds is 1. The third-order valence-corrected chi connectivity index (χ3v) is 2.57. The maximum Gasteiger partial charge on any atom is 0.229 e. The molecule has 1 aromatic carbocycles. The largest absolute Gasteiger partial charge is 0.461 e. The predicted molar refractivity (Wildman–Crippen MR) is 60.9 cm³/mol. The molecule has 80 valence electrons. The Morgan fingerprint density at radius 3 is 2.88 bits per heavy atom. The molecule has 0 saturated carbocycles. The highest BCUT2D eigenvalue weighted by atomic mass is 16.5. The van der Waals surface area contributed by atoms with E-state index in [-0.39, 0.29) is 0 Å². The van der Waals surface area contributed by atoms with E-state index < -0.39 is 0 Å². The Bertz CT molecular complexity index is 652. The molecule has 3 aromatic rings. The van der Waals surface area contributed by atoms with Gasteiger partial charge >= 0.3 is 0 Å². The van der Waals surface area contributed by atoms with E-state index in [1.807, 2.05) is 31.2 Å². The summed E-state index contributed by atoms with van der Waals surface area (Å²) < 4.78 is 10.4. The normalized spacial score (nSPS) is 11.1. The second-order valence-corrected chi connectivity index (χ2v) is 3.68. The maximum atomic E-state index is 5.71. The van der Waals surface area contributed by atoms with Crippen molar-refractivity contribution in [3.8, 4) is 11.1 Å². The van der Waals surface area contributed by atoms with Gasteiger partial charge in [-0.1, -0.05) is 17.3 Å². The second kappa shape index (κ2) is 3.13. The first-order valence-corrected chi connectivity index (χ1v) is 4.95. The number of benzene rings is 1. The van der Waals surface area contributed by atoms with Crippen LogP contribution in [0.15, 0.2) is 39.4 Å². The predicted octanol–water partition coefficient (Wildman–Crippen LogP) is 2.98. The Labute approximate surface area is 91.6 Å².